The number of hydrogen-bond donors (Lipinski definition) is 1. The first-order chi connectivity index (χ1) is 8.56. The number of aromatic amines is 1. The van der Waals surface area contributed by atoms with E-state index in [0.717, 1.165) is 16.5 Å². The second kappa shape index (κ2) is 4.90. The predicted molar refractivity (Wildman–Crippen MR) is 74.6 cm³/mol. The zero-order valence-corrected chi connectivity index (χ0v) is 11.5. The predicted octanol–water partition coefficient (Wildman–Crippen LogP) is 3.69. The maximum Gasteiger partial charge on any atom is 0.341 e. The van der Waals surface area contributed by atoms with Gasteiger partial charge in [0.15, 0.2) is 0 Å². The van der Waals surface area contributed by atoms with Gasteiger partial charge < -0.3 is 9.72 Å². The number of H-pyrrole nitrogens is 1. The third kappa shape index (κ3) is 2.04. The number of aromatic nitrogens is 1. The van der Waals surface area contributed by atoms with Gasteiger partial charge in [0, 0.05) is 11.6 Å². The molecule has 0 atom stereocenters. The summed E-state index contributed by atoms with van der Waals surface area (Å²) in [4.78, 5) is 14.9. The summed E-state index contributed by atoms with van der Waals surface area (Å²) in [6, 6.07) is 3.95. The minimum absolute atomic E-state index is 0.346. The van der Waals surface area contributed by atoms with Crippen LogP contribution in [0.3, 0.4) is 0 Å². The average Bonchev–Trinajstić information content (AvgIpc) is 2.34. The number of fused-ring (bicyclic) bond motifs is 1. The van der Waals surface area contributed by atoms with Crippen molar-refractivity contribution in [2.24, 2.45) is 0 Å². The van der Waals surface area contributed by atoms with Crippen LogP contribution in [0.15, 0.2) is 18.3 Å². The lowest BCUT2D eigenvalue weighted by Gasteiger charge is -2.08. The summed E-state index contributed by atoms with van der Waals surface area (Å²) in [5.74, 6) is -0.376. The zero-order chi connectivity index (χ0) is 13.3. The van der Waals surface area contributed by atoms with Crippen molar-refractivity contribution < 1.29 is 9.53 Å². The van der Waals surface area contributed by atoms with Crippen LogP contribution in [0.25, 0.3) is 10.9 Å². The lowest BCUT2D eigenvalue weighted by molar-refractivity contribution is 0.0525. The Morgan fingerprint density at radius 2 is 2.11 bits per heavy atom. The molecule has 0 aliphatic carbocycles. The Hall–Kier alpha value is -1.68. The van der Waals surface area contributed by atoms with Crippen molar-refractivity contribution >= 4 is 29.1 Å². The molecular formula is C14H15NO2S. The second-order valence-electron chi connectivity index (χ2n) is 4.18. The molecule has 0 bridgehead atoms. The van der Waals surface area contributed by atoms with Crippen LogP contribution in [-0.4, -0.2) is 17.6 Å². The molecule has 0 unspecified atom stereocenters. The van der Waals surface area contributed by atoms with Crippen LogP contribution >= 0.6 is 12.2 Å². The molecule has 0 spiro atoms. The number of ether oxygens (including phenoxy) is 1. The maximum atomic E-state index is 11.8. The van der Waals surface area contributed by atoms with Gasteiger partial charge in [-0.25, -0.2) is 4.79 Å². The number of hydrogen-bond acceptors (Lipinski definition) is 3. The molecule has 2 aromatic rings. The monoisotopic (exact) mass is 261 g/mol. The summed E-state index contributed by atoms with van der Waals surface area (Å²) < 4.78 is 5.53. The SMILES string of the molecule is CCOC(=O)c1c[nH]c2c(C)c(C)ccc2c1=S. The number of nitrogens with one attached hydrogen (secondary N) is 1. The highest BCUT2D eigenvalue weighted by molar-refractivity contribution is 7.71. The van der Waals surface area contributed by atoms with Gasteiger partial charge in [0.1, 0.15) is 0 Å². The summed E-state index contributed by atoms with van der Waals surface area (Å²) in [5.41, 5.74) is 3.74. The first-order valence-corrected chi connectivity index (χ1v) is 6.25. The number of rotatable bonds is 2. The van der Waals surface area contributed by atoms with E-state index >= 15 is 0 Å². The summed E-state index contributed by atoms with van der Waals surface area (Å²) in [5, 5.41) is 0.888. The van der Waals surface area contributed by atoms with E-state index in [9.17, 15) is 4.79 Å². The molecule has 94 valence electrons. The fraction of sp³-hybridized carbons (Fsp3) is 0.286. The van der Waals surface area contributed by atoms with Crippen LogP contribution < -0.4 is 0 Å². The van der Waals surface area contributed by atoms with Crippen LogP contribution in [0.5, 0.6) is 0 Å². The van der Waals surface area contributed by atoms with Gasteiger partial charge in [0.05, 0.1) is 22.2 Å². The average molecular weight is 261 g/mol. The van der Waals surface area contributed by atoms with Crippen LogP contribution in [0.2, 0.25) is 0 Å². The second-order valence-corrected chi connectivity index (χ2v) is 4.59. The molecule has 18 heavy (non-hydrogen) atoms. The highest BCUT2D eigenvalue weighted by Crippen LogP contribution is 2.22. The molecule has 3 nitrogen and oxygen atoms in total. The van der Waals surface area contributed by atoms with Crippen molar-refractivity contribution in [2.45, 2.75) is 20.8 Å². The van der Waals surface area contributed by atoms with Gasteiger partial charge in [0.25, 0.3) is 0 Å². The van der Waals surface area contributed by atoms with Crippen molar-refractivity contribution in [1.29, 1.82) is 0 Å². The van der Waals surface area contributed by atoms with Gasteiger partial charge >= 0.3 is 5.97 Å². The Kier molecular flexibility index (Phi) is 3.48. The zero-order valence-electron chi connectivity index (χ0n) is 10.7. The van der Waals surface area contributed by atoms with Gasteiger partial charge in [-0.15, -0.1) is 0 Å². The molecule has 1 heterocycles. The van der Waals surface area contributed by atoms with Gasteiger partial charge in [-0.1, -0.05) is 24.4 Å². The van der Waals surface area contributed by atoms with E-state index < -0.39 is 0 Å². The molecule has 2 rings (SSSR count). The fourth-order valence-corrected chi connectivity index (χ4v) is 2.22. The molecular weight excluding hydrogens is 246 g/mol. The molecule has 4 heteroatoms. The van der Waals surface area contributed by atoms with Crippen LogP contribution in [0, 0.1) is 18.4 Å². The molecule has 1 aromatic heterocycles. The van der Waals surface area contributed by atoms with Crippen molar-refractivity contribution in [2.75, 3.05) is 6.61 Å². The lowest BCUT2D eigenvalue weighted by Crippen LogP contribution is -2.06. The quantitative estimate of drug-likeness (QED) is 0.662. The number of carbonyl (C=O) groups is 1. The van der Waals surface area contributed by atoms with E-state index in [1.54, 1.807) is 13.1 Å². The minimum Gasteiger partial charge on any atom is -0.462 e. The largest absolute Gasteiger partial charge is 0.462 e. The highest BCUT2D eigenvalue weighted by atomic mass is 32.1. The minimum atomic E-state index is -0.376. The van der Waals surface area contributed by atoms with Crippen LogP contribution in [0.4, 0.5) is 0 Å². The molecule has 0 aliphatic heterocycles. The summed E-state index contributed by atoms with van der Waals surface area (Å²) in [6.45, 7) is 6.20. The van der Waals surface area contributed by atoms with Crippen molar-refractivity contribution in [3.05, 3.63) is 39.5 Å². The Morgan fingerprint density at radius 3 is 2.78 bits per heavy atom. The van der Waals surface area contributed by atoms with Gasteiger partial charge in [0.2, 0.25) is 0 Å². The molecule has 0 fully saturated rings. The Labute approximate surface area is 111 Å². The Morgan fingerprint density at radius 1 is 1.39 bits per heavy atom. The van der Waals surface area contributed by atoms with E-state index in [-0.39, 0.29) is 5.97 Å². The van der Waals surface area contributed by atoms with Crippen LogP contribution in [0.1, 0.15) is 28.4 Å². The molecule has 1 aromatic carbocycles. The lowest BCUT2D eigenvalue weighted by atomic mass is 10.0. The summed E-state index contributed by atoms with van der Waals surface area (Å²) in [7, 11) is 0. The fourth-order valence-electron chi connectivity index (χ4n) is 1.91. The maximum absolute atomic E-state index is 11.8. The van der Waals surface area contributed by atoms with E-state index in [1.807, 2.05) is 26.0 Å². The standard InChI is InChI=1S/C14H15NO2S/c1-4-17-14(16)11-7-15-12-9(3)8(2)5-6-10(12)13(11)18/h5-7H,4H2,1-3H3,(H,15,18). The number of esters is 1. The Bertz CT molecular complexity index is 673. The molecule has 0 aliphatic rings. The van der Waals surface area contributed by atoms with E-state index in [0.29, 0.717) is 16.7 Å². The molecule has 0 saturated carbocycles. The first kappa shape index (κ1) is 12.8. The third-order valence-electron chi connectivity index (χ3n) is 3.08. The summed E-state index contributed by atoms with van der Waals surface area (Å²) in [6.07, 6.45) is 1.63. The molecule has 0 radical (unpaired) electrons. The number of benzene rings is 1. The number of carbonyl (C=O) groups excluding carboxylic acids is 1. The smallest absolute Gasteiger partial charge is 0.341 e. The summed E-state index contributed by atoms with van der Waals surface area (Å²) >= 11 is 5.37. The topological polar surface area (TPSA) is 42.1 Å². The highest BCUT2D eigenvalue weighted by Gasteiger charge is 2.12. The molecule has 0 amide bonds. The third-order valence-corrected chi connectivity index (χ3v) is 3.52. The van der Waals surface area contributed by atoms with Crippen LogP contribution in [-0.2, 0) is 4.74 Å². The van der Waals surface area contributed by atoms with Gasteiger partial charge in [-0.2, -0.15) is 0 Å². The van der Waals surface area contributed by atoms with Crippen molar-refractivity contribution in [1.82, 2.24) is 4.98 Å². The van der Waals surface area contributed by atoms with Crippen molar-refractivity contribution in [3.63, 3.8) is 0 Å². The molecule has 1 N–H and O–H groups in total. The Balaban J connectivity index is 2.70. The first-order valence-electron chi connectivity index (χ1n) is 5.85. The normalized spacial score (nSPS) is 10.6. The number of aryl methyl sites for hydroxylation is 2. The van der Waals surface area contributed by atoms with E-state index in [2.05, 4.69) is 4.98 Å². The van der Waals surface area contributed by atoms with Gasteiger partial charge in [-0.05, 0) is 31.9 Å². The van der Waals surface area contributed by atoms with Gasteiger partial charge in [-0.3, -0.25) is 0 Å². The number of pyridine rings is 1. The molecule has 0 saturated heterocycles. The van der Waals surface area contributed by atoms with Crippen molar-refractivity contribution in [3.8, 4) is 0 Å². The van der Waals surface area contributed by atoms with E-state index in [1.165, 1.54) is 5.56 Å². The van der Waals surface area contributed by atoms with E-state index in [4.69, 9.17) is 17.0 Å².